The summed E-state index contributed by atoms with van der Waals surface area (Å²) in [5.41, 5.74) is 6.40. The van der Waals surface area contributed by atoms with Crippen LogP contribution in [0, 0.1) is 5.41 Å². The van der Waals surface area contributed by atoms with E-state index in [2.05, 4.69) is 34.7 Å². The SMILES string of the molecule is CCOC1CC(NC(N)=NCCc2cccs2)C12CCCC2.I. The third-order valence-electron chi connectivity index (χ3n) is 5.23. The molecule has 0 amide bonds. The molecular formula is C17H28IN3OS. The van der Waals surface area contributed by atoms with Crippen LogP contribution in [0.4, 0.5) is 0 Å². The normalized spacial score (nSPS) is 25.9. The van der Waals surface area contributed by atoms with Crippen molar-refractivity contribution in [2.75, 3.05) is 13.2 Å². The summed E-state index contributed by atoms with van der Waals surface area (Å²) in [6.07, 6.45) is 7.60. The Balaban J connectivity index is 0.00000192. The zero-order valence-electron chi connectivity index (χ0n) is 13.8. The van der Waals surface area contributed by atoms with Gasteiger partial charge in [0.15, 0.2) is 5.96 Å². The number of guanidine groups is 1. The minimum Gasteiger partial charge on any atom is -0.378 e. The smallest absolute Gasteiger partial charge is 0.188 e. The van der Waals surface area contributed by atoms with Crippen molar-refractivity contribution in [1.82, 2.24) is 5.32 Å². The maximum atomic E-state index is 6.10. The predicted molar refractivity (Wildman–Crippen MR) is 108 cm³/mol. The third kappa shape index (κ3) is 4.20. The van der Waals surface area contributed by atoms with Crippen LogP contribution in [-0.2, 0) is 11.2 Å². The highest BCUT2D eigenvalue weighted by Gasteiger charge is 2.56. The van der Waals surface area contributed by atoms with E-state index in [1.807, 2.05) is 0 Å². The zero-order chi connectivity index (χ0) is 15.4. The average molecular weight is 449 g/mol. The lowest BCUT2D eigenvalue weighted by Crippen LogP contribution is -2.64. The maximum absolute atomic E-state index is 6.10. The average Bonchev–Trinajstić information content (AvgIpc) is 3.19. The van der Waals surface area contributed by atoms with Gasteiger partial charge in [-0.25, -0.2) is 0 Å². The molecule has 1 heterocycles. The quantitative estimate of drug-likeness (QED) is 0.397. The number of nitrogens with two attached hydrogens (primary N) is 1. The summed E-state index contributed by atoms with van der Waals surface area (Å²) in [5, 5.41) is 5.57. The minimum absolute atomic E-state index is 0. The first kappa shape index (κ1) is 19.0. The van der Waals surface area contributed by atoms with Gasteiger partial charge in [-0.05, 0) is 37.6 Å². The molecule has 0 bridgehead atoms. The largest absolute Gasteiger partial charge is 0.378 e. The fourth-order valence-corrected chi connectivity index (χ4v) is 4.75. The molecule has 0 aromatic carbocycles. The van der Waals surface area contributed by atoms with Crippen LogP contribution in [0.5, 0.6) is 0 Å². The van der Waals surface area contributed by atoms with Gasteiger partial charge >= 0.3 is 0 Å². The molecule has 2 unspecified atom stereocenters. The van der Waals surface area contributed by atoms with Crippen molar-refractivity contribution >= 4 is 41.3 Å². The number of halogens is 1. The predicted octanol–water partition coefficient (Wildman–Crippen LogP) is 3.55. The van der Waals surface area contributed by atoms with Crippen molar-refractivity contribution in [3.63, 3.8) is 0 Å². The summed E-state index contributed by atoms with van der Waals surface area (Å²) in [7, 11) is 0. The van der Waals surface area contributed by atoms with Gasteiger partial charge in [-0.15, -0.1) is 35.3 Å². The van der Waals surface area contributed by atoms with Gasteiger partial charge in [0, 0.05) is 35.9 Å². The number of rotatable bonds is 6. The Morgan fingerprint density at radius 2 is 2.26 bits per heavy atom. The van der Waals surface area contributed by atoms with E-state index >= 15 is 0 Å². The van der Waals surface area contributed by atoms with E-state index in [1.54, 1.807) is 11.3 Å². The number of nitrogens with one attached hydrogen (secondary N) is 1. The van der Waals surface area contributed by atoms with Crippen molar-refractivity contribution in [3.8, 4) is 0 Å². The van der Waals surface area contributed by atoms with Crippen LogP contribution in [0.2, 0.25) is 0 Å². The summed E-state index contributed by atoms with van der Waals surface area (Å²) < 4.78 is 5.94. The molecule has 2 saturated carbocycles. The fraction of sp³-hybridized carbons (Fsp3) is 0.706. The van der Waals surface area contributed by atoms with Gasteiger partial charge in [-0.1, -0.05) is 18.9 Å². The van der Waals surface area contributed by atoms with Crippen LogP contribution in [0.3, 0.4) is 0 Å². The second-order valence-electron chi connectivity index (χ2n) is 6.41. The van der Waals surface area contributed by atoms with Gasteiger partial charge in [0.1, 0.15) is 0 Å². The third-order valence-corrected chi connectivity index (χ3v) is 6.17. The van der Waals surface area contributed by atoms with Crippen LogP contribution in [0.15, 0.2) is 22.5 Å². The second kappa shape index (κ2) is 8.67. The first-order valence-corrected chi connectivity index (χ1v) is 9.33. The molecule has 1 aromatic heterocycles. The lowest BCUT2D eigenvalue weighted by Gasteiger charge is -2.54. The Bertz CT molecular complexity index is 500. The molecule has 2 atom stereocenters. The molecule has 2 fully saturated rings. The number of nitrogens with zero attached hydrogens (tertiary/aromatic N) is 1. The van der Waals surface area contributed by atoms with E-state index in [1.165, 1.54) is 30.6 Å². The molecule has 0 aliphatic heterocycles. The molecule has 4 nitrogen and oxygen atoms in total. The summed E-state index contributed by atoms with van der Waals surface area (Å²) in [5.74, 6) is 0.600. The first-order chi connectivity index (χ1) is 10.7. The summed E-state index contributed by atoms with van der Waals surface area (Å²) >= 11 is 1.78. The monoisotopic (exact) mass is 449 g/mol. The van der Waals surface area contributed by atoms with Crippen molar-refractivity contribution in [3.05, 3.63) is 22.4 Å². The van der Waals surface area contributed by atoms with Gasteiger partial charge in [0.05, 0.1) is 6.10 Å². The molecule has 23 heavy (non-hydrogen) atoms. The summed E-state index contributed by atoms with van der Waals surface area (Å²) in [4.78, 5) is 5.86. The van der Waals surface area contributed by atoms with Crippen molar-refractivity contribution in [2.45, 2.75) is 57.6 Å². The topological polar surface area (TPSA) is 59.6 Å². The highest BCUT2D eigenvalue weighted by molar-refractivity contribution is 14.0. The Hall–Kier alpha value is -0.340. The Morgan fingerprint density at radius 1 is 1.48 bits per heavy atom. The van der Waals surface area contributed by atoms with Crippen LogP contribution in [0.1, 0.15) is 43.9 Å². The van der Waals surface area contributed by atoms with Gasteiger partial charge in [-0.2, -0.15) is 0 Å². The van der Waals surface area contributed by atoms with E-state index in [0.717, 1.165) is 26.0 Å². The van der Waals surface area contributed by atoms with E-state index in [-0.39, 0.29) is 24.0 Å². The minimum atomic E-state index is 0. The summed E-state index contributed by atoms with van der Waals surface area (Å²) in [6.45, 7) is 3.65. The molecular weight excluding hydrogens is 421 g/mol. The fourth-order valence-electron chi connectivity index (χ4n) is 4.05. The first-order valence-electron chi connectivity index (χ1n) is 8.45. The Kier molecular flexibility index (Phi) is 7.16. The lowest BCUT2D eigenvalue weighted by atomic mass is 9.60. The maximum Gasteiger partial charge on any atom is 0.188 e. The van der Waals surface area contributed by atoms with Crippen molar-refractivity contribution < 1.29 is 4.74 Å². The molecule has 3 rings (SSSR count). The molecule has 1 aromatic rings. The Morgan fingerprint density at radius 3 is 2.91 bits per heavy atom. The number of thiophene rings is 1. The van der Waals surface area contributed by atoms with Crippen molar-refractivity contribution in [2.24, 2.45) is 16.1 Å². The highest BCUT2D eigenvalue weighted by atomic mass is 127. The zero-order valence-corrected chi connectivity index (χ0v) is 16.9. The van der Waals surface area contributed by atoms with E-state index in [9.17, 15) is 0 Å². The molecule has 2 aliphatic rings. The van der Waals surface area contributed by atoms with Gasteiger partial charge in [-0.3, -0.25) is 4.99 Å². The van der Waals surface area contributed by atoms with Crippen LogP contribution in [0.25, 0.3) is 0 Å². The summed E-state index contributed by atoms with van der Waals surface area (Å²) in [6, 6.07) is 4.67. The Labute approximate surface area is 160 Å². The van der Waals surface area contributed by atoms with Crippen LogP contribution in [-0.4, -0.2) is 31.3 Å². The molecule has 130 valence electrons. The van der Waals surface area contributed by atoms with Crippen LogP contribution < -0.4 is 11.1 Å². The van der Waals surface area contributed by atoms with E-state index in [0.29, 0.717) is 23.5 Å². The second-order valence-corrected chi connectivity index (χ2v) is 7.45. The standard InChI is InChI=1S/C17H27N3OS.HI/c1-2-21-15-12-14(17(15)8-3-4-9-17)20-16(18)19-10-7-13-6-5-11-22-13;/h5-6,11,14-15H,2-4,7-10,12H2,1H3,(H3,18,19,20);1H. The van der Waals surface area contributed by atoms with Gasteiger partial charge in [0.2, 0.25) is 0 Å². The number of aliphatic imine (C=N–C) groups is 1. The molecule has 6 heteroatoms. The number of hydrogen-bond donors (Lipinski definition) is 2. The molecule has 2 aliphatic carbocycles. The molecule has 3 N–H and O–H groups in total. The van der Waals surface area contributed by atoms with Crippen molar-refractivity contribution in [1.29, 1.82) is 0 Å². The lowest BCUT2D eigenvalue weighted by molar-refractivity contribution is -0.125. The highest BCUT2D eigenvalue weighted by Crippen LogP contribution is 2.54. The van der Waals surface area contributed by atoms with Crippen LogP contribution >= 0.6 is 35.3 Å². The molecule has 0 saturated heterocycles. The number of hydrogen-bond acceptors (Lipinski definition) is 3. The number of ether oxygens (including phenoxy) is 1. The van der Waals surface area contributed by atoms with E-state index in [4.69, 9.17) is 10.5 Å². The molecule has 0 radical (unpaired) electrons. The molecule has 1 spiro atoms. The van der Waals surface area contributed by atoms with Gasteiger partial charge < -0.3 is 15.8 Å². The van der Waals surface area contributed by atoms with Gasteiger partial charge in [0.25, 0.3) is 0 Å². The van der Waals surface area contributed by atoms with E-state index < -0.39 is 0 Å².